The Morgan fingerprint density at radius 2 is 1.65 bits per heavy atom. The second-order valence-electron chi connectivity index (χ2n) is 5.54. The van der Waals surface area contributed by atoms with E-state index in [0.717, 1.165) is 22.8 Å². The molecule has 0 radical (unpaired) electrons. The van der Waals surface area contributed by atoms with Gasteiger partial charge in [-0.25, -0.2) is 4.68 Å². The summed E-state index contributed by atoms with van der Waals surface area (Å²) >= 11 is 5.41. The van der Waals surface area contributed by atoms with Crippen molar-refractivity contribution in [3.05, 3.63) is 77.5 Å². The van der Waals surface area contributed by atoms with Gasteiger partial charge in [-0.15, -0.1) is 0 Å². The van der Waals surface area contributed by atoms with Crippen molar-refractivity contribution in [1.82, 2.24) is 15.1 Å². The molecule has 0 spiro atoms. The van der Waals surface area contributed by atoms with Gasteiger partial charge in [-0.2, -0.15) is 5.10 Å². The third-order valence-corrected chi connectivity index (χ3v) is 4.26. The SMILES string of the molecule is Cc1nn(-c2ccccc2)c2c1C(c1ccccc1)NC(=S)N2. The standard InChI is InChI=1S/C18H16N4S/c1-12-15-16(13-8-4-2-5-9-13)19-18(23)20-17(15)22(21-12)14-10-6-3-7-11-14/h2-11,16H,1H3,(H2,19,20,23). The molecule has 1 unspecified atom stereocenters. The molecule has 1 aliphatic heterocycles. The average Bonchev–Trinajstić information content (AvgIpc) is 2.92. The van der Waals surface area contributed by atoms with E-state index in [1.807, 2.05) is 60.1 Å². The number of benzene rings is 2. The minimum Gasteiger partial charge on any atom is -0.351 e. The van der Waals surface area contributed by atoms with Crippen molar-refractivity contribution in [2.75, 3.05) is 5.32 Å². The Kier molecular flexibility index (Phi) is 3.35. The number of aryl methyl sites for hydroxylation is 1. The number of hydrogen-bond acceptors (Lipinski definition) is 2. The first-order chi connectivity index (χ1) is 11.2. The summed E-state index contributed by atoms with van der Waals surface area (Å²) in [5, 5.41) is 12.0. The van der Waals surface area contributed by atoms with E-state index in [-0.39, 0.29) is 6.04 Å². The van der Waals surface area contributed by atoms with Gasteiger partial charge < -0.3 is 10.6 Å². The van der Waals surface area contributed by atoms with Crippen molar-refractivity contribution in [2.45, 2.75) is 13.0 Å². The lowest BCUT2D eigenvalue weighted by molar-refractivity contribution is 0.751. The summed E-state index contributed by atoms with van der Waals surface area (Å²) in [4.78, 5) is 0. The van der Waals surface area contributed by atoms with Gasteiger partial charge in [-0.3, -0.25) is 0 Å². The van der Waals surface area contributed by atoms with Gasteiger partial charge in [0.1, 0.15) is 5.82 Å². The van der Waals surface area contributed by atoms with Crippen LogP contribution in [-0.4, -0.2) is 14.9 Å². The molecule has 1 aliphatic rings. The second kappa shape index (κ2) is 5.52. The monoisotopic (exact) mass is 320 g/mol. The van der Waals surface area contributed by atoms with Crippen LogP contribution < -0.4 is 10.6 Å². The molecule has 2 heterocycles. The van der Waals surface area contributed by atoms with E-state index in [1.54, 1.807) is 0 Å². The zero-order valence-corrected chi connectivity index (χ0v) is 13.5. The van der Waals surface area contributed by atoms with E-state index in [1.165, 1.54) is 5.56 Å². The molecule has 0 saturated carbocycles. The Labute approximate surface area is 140 Å². The molecule has 0 amide bonds. The second-order valence-corrected chi connectivity index (χ2v) is 5.95. The first-order valence-electron chi connectivity index (χ1n) is 7.51. The van der Waals surface area contributed by atoms with Crippen molar-refractivity contribution < 1.29 is 0 Å². The molecule has 3 aromatic rings. The number of anilines is 1. The smallest absolute Gasteiger partial charge is 0.172 e. The number of aromatic nitrogens is 2. The first kappa shape index (κ1) is 14.0. The summed E-state index contributed by atoms with van der Waals surface area (Å²) in [5.41, 5.74) is 4.31. The zero-order valence-electron chi connectivity index (χ0n) is 12.7. The molecule has 4 nitrogen and oxygen atoms in total. The zero-order chi connectivity index (χ0) is 15.8. The van der Waals surface area contributed by atoms with Gasteiger partial charge in [-0.1, -0.05) is 48.5 Å². The Morgan fingerprint density at radius 1 is 1.00 bits per heavy atom. The molecule has 4 rings (SSSR count). The quantitative estimate of drug-likeness (QED) is 0.708. The van der Waals surface area contributed by atoms with Crippen LogP contribution in [0.4, 0.5) is 5.82 Å². The molecule has 23 heavy (non-hydrogen) atoms. The van der Waals surface area contributed by atoms with Crippen molar-refractivity contribution in [3.63, 3.8) is 0 Å². The molecule has 1 aromatic heterocycles. The molecular weight excluding hydrogens is 304 g/mol. The maximum Gasteiger partial charge on any atom is 0.172 e. The van der Waals surface area contributed by atoms with Gasteiger partial charge >= 0.3 is 0 Å². The lowest BCUT2D eigenvalue weighted by atomic mass is 9.97. The van der Waals surface area contributed by atoms with Crippen LogP contribution in [0.2, 0.25) is 0 Å². The summed E-state index contributed by atoms with van der Waals surface area (Å²) in [6.45, 7) is 2.03. The Hall–Kier alpha value is -2.66. The minimum absolute atomic E-state index is 0.0115. The van der Waals surface area contributed by atoms with E-state index < -0.39 is 0 Å². The lowest BCUT2D eigenvalue weighted by Crippen LogP contribution is -2.38. The number of nitrogens with one attached hydrogen (secondary N) is 2. The van der Waals surface area contributed by atoms with Gasteiger partial charge in [0.05, 0.1) is 17.4 Å². The van der Waals surface area contributed by atoms with Crippen molar-refractivity contribution >= 4 is 23.1 Å². The van der Waals surface area contributed by atoms with E-state index in [0.29, 0.717) is 5.11 Å². The molecule has 0 saturated heterocycles. The maximum absolute atomic E-state index is 5.41. The van der Waals surface area contributed by atoms with Crippen LogP contribution in [-0.2, 0) is 0 Å². The Morgan fingerprint density at radius 3 is 2.35 bits per heavy atom. The van der Waals surface area contributed by atoms with Crippen LogP contribution in [0.3, 0.4) is 0 Å². The van der Waals surface area contributed by atoms with Crippen molar-refractivity contribution in [2.24, 2.45) is 0 Å². The number of hydrogen-bond donors (Lipinski definition) is 2. The highest BCUT2D eigenvalue weighted by Gasteiger charge is 2.30. The van der Waals surface area contributed by atoms with Gasteiger partial charge in [-0.05, 0) is 36.8 Å². The van der Waals surface area contributed by atoms with Crippen LogP contribution >= 0.6 is 12.2 Å². The number of nitrogens with zero attached hydrogens (tertiary/aromatic N) is 2. The summed E-state index contributed by atoms with van der Waals surface area (Å²) < 4.78 is 1.92. The highest BCUT2D eigenvalue weighted by molar-refractivity contribution is 7.80. The van der Waals surface area contributed by atoms with Gasteiger partial charge in [0.2, 0.25) is 0 Å². The number of thiocarbonyl (C=S) groups is 1. The molecule has 0 fully saturated rings. The number of para-hydroxylation sites is 1. The van der Waals surface area contributed by atoms with Gasteiger partial charge in [0.25, 0.3) is 0 Å². The predicted molar refractivity (Wildman–Crippen MR) is 95.9 cm³/mol. The molecule has 1 atom stereocenters. The van der Waals surface area contributed by atoms with Gasteiger partial charge in [0, 0.05) is 5.56 Å². The lowest BCUT2D eigenvalue weighted by Gasteiger charge is -2.28. The molecule has 114 valence electrons. The maximum atomic E-state index is 5.41. The molecule has 0 bridgehead atoms. The number of rotatable bonds is 2. The minimum atomic E-state index is 0.0115. The van der Waals surface area contributed by atoms with Crippen molar-refractivity contribution in [1.29, 1.82) is 0 Å². The molecular formula is C18H16N4S. The predicted octanol–water partition coefficient (Wildman–Crippen LogP) is 3.57. The summed E-state index contributed by atoms with van der Waals surface area (Å²) in [5.74, 6) is 0.936. The fourth-order valence-electron chi connectivity index (χ4n) is 3.00. The van der Waals surface area contributed by atoms with E-state index in [2.05, 4.69) is 22.8 Å². The molecule has 2 aromatic carbocycles. The topological polar surface area (TPSA) is 41.9 Å². The van der Waals surface area contributed by atoms with Crippen LogP contribution in [0.5, 0.6) is 0 Å². The van der Waals surface area contributed by atoms with E-state index >= 15 is 0 Å². The first-order valence-corrected chi connectivity index (χ1v) is 7.92. The number of fused-ring (bicyclic) bond motifs is 1. The Balaban J connectivity index is 1.89. The fraction of sp³-hybridized carbons (Fsp3) is 0.111. The van der Waals surface area contributed by atoms with E-state index in [9.17, 15) is 0 Å². The van der Waals surface area contributed by atoms with Crippen molar-refractivity contribution in [3.8, 4) is 5.69 Å². The molecule has 0 aliphatic carbocycles. The van der Waals surface area contributed by atoms with Gasteiger partial charge in [0.15, 0.2) is 5.11 Å². The summed E-state index contributed by atoms with van der Waals surface area (Å²) in [6, 6.07) is 20.4. The van der Waals surface area contributed by atoms with Crippen LogP contribution in [0, 0.1) is 6.92 Å². The normalized spacial score (nSPS) is 16.4. The average molecular weight is 320 g/mol. The molecule has 5 heteroatoms. The third kappa shape index (κ3) is 2.39. The fourth-order valence-corrected chi connectivity index (χ4v) is 3.22. The largest absolute Gasteiger partial charge is 0.351 e. The van der Waals surface area contributed by atoms with Crippen LogP contribution in [0.15, 0.2) is 60.7 Å². The highest BCUT2D eigenvalue weighted by Crippen LogP contribution is 2.35. The van der Waals surface area contributed by atoms with Crippen LogP contribution in [0.25, 0.3) is 5.69 Å². The highest BCUT2D eigenvalue weighted by atomic mass is 32.1. The third-order valence-electron chi connectivity index (χ3n) is 4.04. The summed E-state index contributed by atoms with van der Waals surface area (Å²) in [7, 11) is 0. The van der Waals surface area contributed by atoms with Crippen LogP contribution in [0.1, 0.15) is 22.9 Å². The Bertz CT molecular complexity index is 855. The summed E-state index contributed by atoms with van der Waals surface area (Å²) in [6.07, 6.45) is 0. The van der Waals surface area contributed by atoms with E-state index in [4.69, 9.17) is 17.3 Å². The molecule has 2 N–H and O–H groups in total.